The highest BCUT2D eigenvalue weighted by Gasteiger charge is 2.25. The maximum Gasteiger partial charge on any atom is 0.289 e. The van der Waals surface area contributed by atoms with Crippen molar-refractivity contribution in [1.29, 1.82) is 0 Å². The number of carbonyl (C=O) groups excluding carboxylic acids is 1. The molecule has 0 bridgehead atoms. The molecule has 0 atom stereocenters. The van der Waals surface area contributed by atoms with Crippen molar-refractivity contribution < 1.29 is 9.21 Å². The zero-order valence-corrected chi connectivity index (χ0v) is 16.1. The predicted molar refractivity (Wildman–Crippen MR) is 106 cm³/mol. The van der Waals surface area contributed by atoms with Gasteiger partial charge in [-0.2, -0.15) is 0 Å². The fraction of sp³-hybridized carbons (Fsp3) is 0.350. The van der Waals surface area contributed by atoms with Gasteiger partial charge in [0, 0.05) is 45.6 Å². The molecule has 0 spiro atoms. The van der Waals surface area contributed by atoms with E-state index >= 15 is 0 Å². The fourth-order valence-corrected chi connectivity index (χ4v) is 3.40. The Balaban J connectivity index is 1.34. The van der Waals surface area contributed by atoms with Crippen molar-refractivity contribution in [3.8, 4) is 0 Å². The van der Waals surface area contributed by atoms with E-state index in [1.165, 1.54) is 11.8 Å². The summed E-state index contributed by atoms with van der Waals surface area (Å²) in [5, 5.41) is 3.38. The van der Waals surface area contributed by atoms with Crippen LogP contribution in [0.25, 0.3) is 5.65 Å². The molecule has 4 rings (SSSR count). The minimum absolute atomic E-state index is 0.0624. The number of imidazole rings is 1. The summed E-state index contributed by atoms with van der Waals surface area (Å²) in [5.41, 5.74) is 3.09. The molecular formula is C20H24N6O2. The molecule has 1 amide bonds. The van der Waals surface area contributed by atoms with Gasteiger partial charge in [-0.3, -0.25) is 9.79 Å². The molecule has 0 unspecified atom stereocenters. The van der Waals surface area contributed by atoms with Crippen LogP contribution in [0.2, 0.25) is 0 Å². The van der Waals surface area contributed by atoms with Gasteiger partial charge in [0.25, 0.3) is 5.91 Å². The number of carbonyl (C=O) groups is 1. The third-order valence-electron chi connectivity index (χ3n) is 4.90. The summed E-state index contributed by atoms with van der Waals surface area (Å²) in [4.78, 5) is 25.4. The van der Waals surface area contributed by atoms with Gasteiger partial charge in [0.15, 0.2) is 11.7 Å². The number of rotatable bonds is 3. The van der Waals surface area contributed by atoms with Crippen molar-refractivity contribution in [2.45, 2.75) is 13.5 Å². The van der Waals surface area contributed by atoms with Gasteiger partial charge in [-0.25, -0.2) is 4.98 Å². The van der Waals surface area contributed by atoms with Crippen LogP contribution in [0.4, 0.5) is 0 Å². The number of piperazine rings is 1. The van der Waals surface area contributed by atoms with E-state index in [-0.39, 0.29) is 5.91 Å². The Morgan fingerprint density at radius 1 is 1.25 bits per heavy atom. The molecule has 8 heteroatoms. The van der Waals surface area contributed by atoms with E-state index in [0.717, 1.165) is 30.4 Å². The number of guanidine groups is 1. The SMILES string of the molecule is CN=C(NCc1cn2ccc(C)cc2n1)N1CCN(C(=O)c2ccco2)CC1. The Morgan fingerprint density at radius 3 is 2.75 bits per heavy atom. The lowest BCUT2D eigenvalue weighted by Crippen LogP contribution is -2.53. The lowest BCUT2D eigenvalue weighted by atomic mass is 10.3. The number of nitrogens with zero attached hydrogens (tertiary/aromatic N) is 5. The third kappa shape index (κ3) is 3.71. The molecule has 1 fully saturated rings. The summed E-state index contributed by atoms with van der Waals surface area (Å²) < 4.78 is 7.23. The maximum absolute atomic E-state index is 12.4. The summed E-state index contributed by atoms with van der Waals surface area (Å²) in [6.07, 6.45) is 5.57. The number of amides is 1. The molecule has 4 heterocycles. The molecule has 1 N–H and O–H groups in total. The first-order valence-electron chi connectivity index (χ1n) is 9.36. The number of aliphatic imine (C=N–C) groups is 1. The minimum Gasteiger partial charge on any atom is -0.459 e. The van der Waals surface area contributed by atoms with Crippen molar-refractivity contribution >= 4 is 17.5 Å². The molecule has 1 saturated heterocycles. The first-order valence-corrected chi connectivity index (χ1v) is 9.36. The van der Waals surface area contributed by atoms with Crippen LogP contribution in [-0.4, -0.2) is 64.3 Å². The van der Waals surface area contributed by atoms with Crippen molar-refractivity contribution in [2.24, 2.45) is 4.99 Å². The van der Waals surface area contributed by atoms with Crippen LogP contribution in [0.15, 0.2) is 52.3 Å². The quantitative estimate of drug-likeness (QED) is 0.553. The smallest absolute Gasteiger partial charge is 0.289 e. The number of aryl methyl sites for hydroxylation is 1. The van der Waals surface area contributed by atoms with Crippen molar-refractivity contribution in [1.82, 2.24) is 24.5 Å². The van der Waals surface area contributed by atoms with Crippen LogP contribution in [0.1, 0.15) is 21.8 Å². The molecule has 0 aromatic carbocycles. The molecule has 3 aromatic heterocycles. The molecule has 1 aliphatic heterocycles. The Labute approximate surface area is 163 Å². The molecule has 8 nitrogen and oxygen atoms in total. The number of aromatic nitrogens is 2. The summed E-state index contributed by atoms with van der Waals surface area (Å²) in [7, 11) is 1.77. The standard InChI is InChI=1S/C20H24N6O2/c1-15-5-6-26-14-16(23-18(26)12-15)13-22-20(21-2)25-9-7-24(8-10-25)19(27)17-4-3-11-28-17/h3-6,11-12,14H,7-10,13H2,1-2H3,(H,21,22). The Bertz CT molecular complexity index is 983. The summed E-state index contributed by atoms with van der Waals surface area (Å²) >= 11 is 0. The van der Waals surface area contributed by atoms with Crippen LogP contribution in [0.5, 0.6) is 0 Å². The average Bonchev–Trinajstić information content (AvgIpc) is 3.38. The van der Waals surface area contributed by atoms with Crippen LogP contribution in [0.3, 0.4) is 0 Å². The average molecular weight is 380 g/mol. The van der Waals surface area contributed by atoms with Crippen LogP contribution < -0.4 is 5.32 Å². The topological polar surface area (TPSA) is 78.4 Å². The van der Waals surface area contributed by atoms with Gasteiger partial charge in [0.05, 0.1) is 18.5 Å². The zero-order valence-electron chi connectivity index (χ0n) is 16.1. The highest BCUT2D eigenvalue weighted by Crippen LogP contribution is 2.10. The van der Waals surface area contributed by atoms with Crippen molar-refractivity contribution in [3.63, 3.8) is 0 Å². The van der Waals surface area contributed by atoms with Gasteiger partial charge in [0.1, 0.15) is 5.65 Å². The third-order valence-corrected chi connectivity index (χ3v) is 4.90. The highest BCUT2D eigenvalue weighted by atomic mass is 16.3. The van der Waals surface area contributed by atoms with E-state index in [4.69, 9.17) is 4.42 Å². The van der Waals surface area contributed by atoms with Crippen molar-refractivity contribution in [3.05, 3.63) is 59.9 Å². The van der Waals surface area contributed by atoms with E-state index in [2.05, 4.69) is 39.2 Å². The van der Waals surface area contributed by atoms with E-state index < -0.39 is 0 Å². The van der Waals surface area contributed by atoms with Gasteiger partial charge in [0.2, 0.25) is 0 Å². The number of pyridine rings is 1. The summed E-state index contributed by atoms with van der Waals surface area (Å²) in [5.74, 6) is 1.14. The van der Waals surface area contributed by atoms with Gasteiger partial charge >= 0.3 is 0 Å². The number of nitrogens with one attached hydrogen (secondary N) is 1. The highest BCUT2D eigenvalue weighted by molar-refractivity contribution is 5.91. The molecular weight excluding hydrogens is 356 g/mol. The second kappa shape index (κ2) is 7.75. The predicted octanol–water partition coefficient (Wildman–Crippen LogP) is 1.77. The molecule has 3 aromatic rings. The molecule has 1 aliphatic rings. The van der Waals surface area contributed by atoms with Crippen LogP contribution >= 0.6 is 0 Å². The molecule has 0 saturated carbocycles. The van der Waals surface area contributed by atoms with E-state index in [9.17, 15) is 4.79 Å². The fourth-order valence-electron chi connectivity index (χ4n) is 3.40. The second-order valence-electron chi connectivity index (χ2n) is 6.86. The number of hydrogen-bond donors (Lipinski definition) is 1. The van der Waals surface area contributed by atoms with E-state index in [1.54, 1.807) is 19.2 Å². The Morgan fingerprint density at radius 2 is 2.04 bits per heavy atom. The second-order valence-corrected chi connectivity index (χ2v) is 6.86. The Kier molecular flexibility index (Phi) is 5.01. The van der Waals surface area contributed by atoms with Gasteiger partial charge < -0.3 is 23.9 Å². The van der Waals surface area contributed by atoms with Crippen LogP contribution in [-0.2, 0) is 6.54 Å². The van der Waals surface area contributed by atoms with Gasteiger partial charge in [-0.05, 0) is 36.8 Å². The largest absolute Gasteiger partial charge is 0.459 e. The van der Waals surface area contributed by atoms with Crippen LogP contribution in [0, 0.1) is 6.92 Å². The zero-order chi connectivity index (χ0) is 19.5. The van der Waals surface area contributed by atoms with Gasteiger partial charge in [-0.15, -0.1) is 0 Å². The van der Waals surface area contributed by atoms with E-state index in [1.807, 2.05) is 21.7 Å². The monoisotopic (exact) mass is 380 g/mol. The molecule has 0 aliphatic carbocycles. The molecule has 146 valence electrons. The van der Waals surface area contributed by atoms with Crippen molar-refractivity contribution in [2.75, 3.05) is 33.2 Å². The lowest BCUT2D eigenvalue weighted by Gasteiger charge is -2.36. The first-order chi connectivity index (χ1) is 13.6. The molecule has 0 radical (unpaired) electrons. The Hall–Kier alpha value is -3.29. The number of furan rings is 1. The maximum atomic E-state index is 12.4. The van der Waals surface area contributed by atoms with E-state index in [0.29, 0.717) is 25.4 Å². The number of fused-ring (bicyclic) bond motifs is 1. The summed E-state index contributed by atoms with van der Waals surface area (Å²) in [6.45, 7) is 5.36. The van der Waals surface area contributed by atoms with Gasteiger partial charge in [-0.1, -0.05) is 0 Å². The normalized spacial score (nSPS) is 15.3. The number of hydrogen-bond acceptors (Lipinski definition) is 4. The molecule has 28 heavy (non-hydrogen) atoms. The minimum atomic E-state index is -0.0624. The first kappa shape index (κ1) is 18.1. The lowest BCUT2D eigenvalue weighted by molar-refractivity contribution is 0.0657. The summed E-state index contributed by atoms with van der Waals surface area (Å²) in [6, 6.07) is 7.56.